The highest BCUT2D eigenvalue weighted by Crippen LogP contribution is 2.34. The maximum absolute atomic E-state index is 14.3. The molecule has 0 atom stereocenters. The summed E-state index contributed by atoms with van der Waals surface area (Å²) in [5, 5.41) is 1.16. The van der Waals surface area contributed by atoms with Crippen LogP contribution < -0.4 is 0 Å². The molecule has 1 heterocycles. The highest BCUT2D eigenvalue weighted by Gasteiger charge is 2.36. The zero-order valence-electron chi connectivity index (χ0n) is 24.6. The Balaban J connectivity index is 1.50. The van der Waals surface area contributed by atoms with Crippen LogP contribution in [0.4, 0.5) is 13.2 Å². The number of carbonyl (C=O) groups excluding carboxylic acids is 1. The van der Waals surface area contributed by atoms with E-state index in [4.69, 9.17) is 4.42 Å². The van der Waals surface area contributed by atoms with E-state index in [1.54, 1.807) is 73.7 Å². The van der Waals surface area contributed by atoms with Gasteiger partial charge in [-0.25, -0.2) is 16.8 Å². The Morgan fingerprint density at radius 1 is 0.826 bits per heavy atom. The Hall–Kier alpha value is -4.46. The average molecular weight is 672 g/mol. The van der Waals surface area contributed by atoms with E-state index in [0.29, 0.717) is 33.0 Å². The molecule has 0 spiro atoms. The number of nitrogens with zero attached hydrogens (tertiary/aromatic N) is 1. The van der Waals surface area contributed by atoms with Crippen molar-refractivity contribution < 1.29 is 44.0 Å². The normalized spacial score (nSPS) is 12.5. The number of methoxy groups -OCH3 is 1. The van der Waals surface area contributed by atoms with Gasteiger partial charge in [-0.3, -0.25) is 4.79 Å². The standard InChI is InChI=1S/C33H28F3NO7S2/c1-22-10-13-25-6-3-4-9-29(25)32(22)46(41,42)37(20-27-16-17-30(44-27)33(34,35)36)19-23-11-14-24(15-12-23)26-7-5-8-28(18-26)45(39,40)21-31(38)43-2/h3-18H,19-21H2,1-2H3. The first kappa shape index (κ1) is 32.9. The predicted octanol–water partition coefficient (Wildman–Crippen LogP) is 6.76. The van der Waals surface area contributed by atoms with Gasteiger partial charge in [0.15, 0.2) is 15.6 Å². The third kappa shape index (κ3) is 7.01. The predicted molar refractivity (Wildman–Crippen MR) is 165 cm³/mol. The minimum absolute atomic E-state index is 0.0369. The van der Waals surface area contributed by atoms with Crippen molar-refractivity contribution in [1.82, 2.24) is 4.31 Å². The third-order valence-corrected chi connectivity index (χ3v) is 10.9. The number of benzene rings is 4. The van der Waals surface area contributed by atoms with Crippen LogP contribution in [0.25, 0.3) is 21.9 Å². The van der Waals surface area contributed by atoms with Crippen molar-refractivity contribution in [2.24, 2.45) is 0 Å². The zero-order chi connectivity index (χ0) is 33.3. The highest BCUT2D eigenvalue weighted by molar-refractivity contribution is 7.92. The van der Waals surface area contributed by atoms with E-state index in [2.05, 4.69) is 4.74 Å². The maximum atomic E-state index is 14.3. The summed E-state index contributed by atoms with van der Waals surface area (Å²) < 4.78 is 104. The number of fused-ring (bicyclic) bond motifs is 1. The Bertz CT molecular complexity index is 2120. The van der Waals surface area contributed by atoms with Gasteiger partial charge in [0.1, 0.15) is 5.76 Å². The molecule has 0 amide bonds. The number of hydrogen-bond acceptors (Lipinski definition) is 7. The molecule has 13 heteroatoms. The second kappa shape index (κ2) is 12.7. The zero-order valence-corrected chi connectivity index (χ0v) is 26.2. The first-order chi connectivity index (χ1) is 21.7. The molecule has 0 unspecified atom stereocenters. The number of carbonyl (C=O) groups is 1. The first-order valence-electron chi connectivity index (χ1n) is 13.8. The van der Waals surface area contributed by atoms with Crippen molar-refractivity contribution in [3.63, 3.8) is 0 Å². The number of aryl methyl sites for hydroxylation is 1. The summed E-state index contributed by atoms with van der Waals surface area (Å²) in [6.45, 7) is 0.976. The molecular formula is C33H28F3NO7S2. The molecule has 0 fully saturated rings. The van der Waals surface area contributed by atoms with Gasteiger partial charge in [0, 0.05) is 11.9 Å². The molecule has 5 rings (SSSR count). The molecule has 240 valence electrons. The Kier molecular flexibility index (Phi) is 9.12. The van der Waals surface area contributed by atoms with Crippen molar-refractivity contribution in [3.8, 4) is 11.1 Å². The maximum Gasteiger partial charge on any atom is 0.449 e. The SMILES string of the molecule is COC(=O)CS(=O)(=O)c1cccc(-c2ccc(CN(Cc3ccc(C(F)(F)F)o3)S(=O)(=O)c3c(C)ccc4ccccc34)cc2)c1. The number of halogens is 3. The van der Waals surface area contributed by atoms with E-state index in [1.807, 2.05) is 0 Å². The van der Waals surface area contributed by atoms with Crippen LogP contribution in [-0.2, 0) is 48.7 Å². The van der Waals surface area contributed by atoms with E-state index in [9.17, 15) is 34.8 Å². The van der Waals surface area contributed by atoms with Crippen LogP contribution in [-0.4, -0.2) is 40.0 Å². The molecule has 0 radical (unpaired) electrons. The minimum atomic E-state index is -4.74. The summed E-state index contributed by atoms with van der Waals surface area (Å²) in [5.41, 5.74) is 2.13. The van der Waals surface area contributed by atoms with Gasteiger partial charge in [-0.15, -0.1) is 0 Å². The van der Waals surface area contributed by atoms with E-state index in [0.717, 1.165) is 23.5 Å². The van der Waals surface area contributed by atoms with Crippen molar-refractivity contribution in [2.75, 3.05) is 12.9 Å². The smallest absolute Gasteiger partial charge is 0.449 e. The first-order valence-corrected chi connectivity index (χ1v) is 16.9. The van der Waals surface area contributed by atoms with Crippen molar-refractivity contribution in [1.29, 1.82) is 0 Å². The lowest BCUT2D eigenvalue weighted by Crippen LogP contribution is -2.31. The van der Waals surface area contributed by atoms with Gasteiger partial charge in [-0.1, -0.05) is 72.8 Å². The third-order valence-electron chi connectivity index (χ3n) is 7.32. The van der Waals surface area contributed by atoms with Crippen LogP contribution >= 0.6 is 0 Å². The molecule has 0 saturated heterocycles. The van der Waals surface area contributed by atoms with Crippen LogP contribution in [0.1, 0.15) is 22.6 Å². The number of esters is 1. The van der Waals surface area contributed by atoms with Gasteiger partial charge < -0.3 is 9.15 Å². The van der Waals surface area contributed by atoms with Gasteiger partial charge in [0.2, 0.25) is 15.8 Å². The molecular weight excluding hydrogens is 643 g/mol. The number of sulfone groups is 1. The molecule has 46 heavy (non-hydrogen) atoms. The Labute approximate surface area is 264 Å². The molecule has 1 aromatic heterocycles. The van der Waals surface area contributed by atoms with Crippen LogP contribution in [0.2, 0.25) is 0 Å². The quantitative estimate of drug-likeness (QED) is 0.151. The molecule has 4 aromatic carbocycles. The largest absolute Gasteiger partial charge is 0.468 e. The number of rotatable bonds is 10. The summed E-state index contributed by atoms with van der Waals surface area (Å²) >= 11 is 0. The number of alkyl halides is 3. The van der Waals surface area contributed by atoms with Crippen LogP contribution in [0.5, 0.6) is 0 Å². The lowest BCUT2D eigenvalue weighted by Gasteiger charge is -2.24. The fourth-order valence-corrected chi connectivity index (χ4v) is 8.01. The van der Waals surface area contributed by atoms with E-state index in [-0.39, 0.29) is 22.1 Å². The number of hydrogen-bond donors (Lipinski definition) is 0. The van der Waals surface area contributed by atoms with Crippen molar-refractivity contribution in [3.05, 3.63) is 120 Å². The summed E-state index contributed by atoms with van der Waals surface area (Å²) in [5.74, 6) is -3.12. The van der Waals surface area contributed by atoms with Gasteiger partial charge >= 0.3 is 12.1 Å². The van der Waals surface area contributed by atoms with E-state index < -0.39 is 50.1 Å². The fourth-order valence-electron chi connectivity index (χ4n) is 5.01. The Morgan fingerprint density at radius 3 is 2.22 bits per heavy atom. The topological polar surface area (TPSA) is 111 Å². The molecule has 0 aliphatic heterocycles. The second-order valence-electron chi connectivity index (χ2n) is 10.5. The van der Waals surface area contributed by atoms with Crippen LogP contribution in [0.3, 0.4) is 0 Å². The second-order valence-corrected chi connectivity index (χ2v) is 14.4. The summed E-state index contributed by atoms with van der Waals surface area (Å²) in [7, 11) is -7.15. The van der Waals surface area contributed by atoms with Gasteiger partial charge in [0.05, 0.1) is 23.4 Å². The molecule has 8 nitrogen and oxygen atoms in total. The molecule has 5 aromatic rings. The molecule has 0 bridgehead atoms. The lowest BCUT2D eigenvalue weighted by atomic mass is 10.0. The molecule has 0 N–H and O–H groups in total. The molecule has 0 saturated carbocycles. The van der Waals surface area contributed by atoms with Crippen LogP contribution in [0, 0.1) is 6.92 Å². The lowest BCUT2D eigenvalue weighted by molar-refractivity contribution is -0.153. The Morgan fingerprint density at radius 2 is 1.54 bits per heavy atom. The minimum Gasteiger partial charge on any atom is -0.468 e. The number of ether oxygens (including phenoxy) is 1. The van der Waals surface area contributed by atoms with Crippen LogP contribution in [0.15, 0.2) is 111 Å². The number of sulfonamides is 1. The van der Waals surface area contributed by atoms with Crippen molar-refractivity contribution >= 4 is 36.6 Å². The average Bonchev–Trinajstić information content (AvgIpc) is 3.50. The monoisotopic (exact) mass is 671 g/mol. The van der Waals surface area contributed by atoms with Gasteiger partial charge in [-0.2, -0.15) is 17.5 Å². The van der Waals surface area contributed by atoms with E-state index in [1.165, 1.54) is 18.2 Å². The summed E-state index contributed by atoms with van der Waals surface area (Å²) in [6.07, 6.45) is -4.74. The summed E-state index contributed by atoms with van der Waals surface area (Å²) in [6, 6.07) is 24.9. The fraction of sp³-hybridized carbons (Fsp3) is 0.182. The highest BCUT2D eigenvalue weighted by atomic mass is 32.2. The summed E-state index contributed by atoms with van der Waals surface area (Å²) in [4.78, 5) is 11.5. The number of furan rings is 1. The molecule has 0 aliphatic carbocycles. The van der Waals surface area contributed by atoms with Gasteiger partial charge in [-0.05, 0) is 58.8 Å². The van der Waals surface area contributed by atoms with Gasteiger partial charge in [0.25, 0.3) is 0 Å². The molecule has 0 aliphatic rings. The van der Waals surface area contributed by atoms with E-state index >= 15 is 0 Å². The van der Waals surface area contributed by atoms with Crippen molar-refractivity contribution in [2.45, 2.75) is 36.0 Å².